The summed E-state index contributed by atoms with van der Waals surface area (Å²) in [7, 11) is 0. The highest BCUT2D eigenvalue weighted by atomic mass is 32.2. The number of hydrogen-bond acceptors (Lipinski definition) is 3. The van der Waals surface area contributed by atoms with Gasteiger partial charge in [-0.15, -0.1) is 0 Å². The Bertz CT molecular complexity index is 199. The normalized spacial score (nSPS) is 30.7. The number of hydrogen-bond donors (Lipinski definition) is 1. The van der Waals surface area contributed by atoms with Gasteiger partial charge in [0.15, 0.2) is 0 Å². The van der Waals surface area contributed by atoms with Gasteiger partial charge in [0.2, 0.25) is 0 Å². The van der Waals surface area contributed by atoms with Crippen molar-refractivity contribution in [3.05, 3.63) is 0 Å². The average molecular weight is 258 g/mol. The van der Waals surface area contributed by atoms with Crippen molar-refractivity contribution >= 4 is 11.8 Å². The molecule has 1 heterocycles. The second kappa shape index (κ2) is 8.39. The number of unbranched alkanes of at least 4 members (excludes halogenated alkanes) is 3. The molecule has 1 rings (SSSR count). The highest BCUT2D eigenvalue weighted by Crippen LogP contribution is 2.22. The predicted molar refractivity (Wildman–Crippen MR) is 79.6 cm³/mol. The highest BCUT2D eigenvalue weighted by Gasteiger charge is 2.29. The van der Waals surface area contributed by atoms with Gasteiger partial charge in [-0.05, 0) is 57.2 Å². The lowest BCUT2D eigenvalue weighted by atomic mass is 9.87. The van der Waals surface area contributed by atoms with Crippen LogP contribution in [-0.4, -0.2) is 42.1 Å². The lowest BCUT2D eigenvalue weighted by molar-refractivity contribution is 0.0961. The number of nitrogens with two attached hydrogens (primary N) is 1. The van der Waals surface area contributed by atoms with Gasteiger partial charge in [-0.1, -0.05) is 19.8 Å². The second-order valence-corrected chi connectivity index (χ2v) is 6.48. The summed E-state index contributed by atoms with van der Waals surface area (Å²) in [5.41, 5.74) is 6.11. The molecule has 0 aromatic carbocycles. The number of piperidine rings is 1. The maximum Gasteiger partial charge on any atom is 0.0107 e. The van der Waals surface area contributed by atoms with Crippen LogP contribution in [0.3, 0.4) is 0 Å². The van der Waals surface area contributed by atoms with Crippen LogP contribution < -0.4 is 5.73 Å². The van der Waals surface area contributed by atoms with Gasteiger partial charge in [0, 0.05) is 12.1 Å². The molecule has 0 saturated carbocycles. The van der Waals surface area contributed by atoms with E-state index < -0.39 is 0 Å². The second-order valence-electron chi connectivity index (χ2n) is 5.50. The molecule has 0 radical (unpaired) electrons. The Morgan fingerprint density at radius 1 is 1.18 bits per heavy atom. The zero-order valence-corrected chi connectivity index (χ0v) is 12.6. The fraction of sp³-hybridized carbons (Fsp3) is 1.00. The minimum atomic E-state index is 0.419. The summed E-state index contributed by atoms with van der Waals surface area (Å²) in [4.78, 5) is 2.64. The van der Waals surface area contributed by atoms with Gasteiger partial charge in [0.25, 0.3) is 0 Å². The molecular weight excluding hydrogens is 228 g/mol. The minimum absolute atomic E-state index is 0.419. The van der Waals surface area contributed by atoms with E-state index in [9.17, 15) is 0 Å². The number of thioether (sulfide) groups is 1. The lowest BCUT2D eigenvalue weighted by Crippen LogP contribution is -2.51. The molecule has 102 valence electrons. The smallest absolute Gasteiger partial charge is 0.0107 e. The summed E-state index contributed by atoms with van der Waals surface area (Å²) < 4.78 is 0. The van der Waals surface area contributed by atoms with Crippen LogP contribution in [0.1, 0.15) is 46.0 Å². The first-order valence-corrected chi connectivity index (χ1v) is 8.54. The molecule has 3 unspecified atom stereocenters. The third kappa shape index (κ3) is 5.19. The van der Waals surface area contributed by atoms with E-state index in [1.54, 1.807) is 0 Å². The fourth-order valence-electron chi connectivity index (χ4n) is 2.70. The van der Waals surface area contributed by atoms with E-state index in [-0.39, 0.29) is 0 Å². The van der Waals surface area contributed by atoms with Gasteiger partial charge in [0.05, 0.1) is 0 Å². The Morgan fingerprint density at radius 3 is 2.59 bits per heavy atom. The summed E-state index contributed by atoms with van der Waals surface area (Å²) in [5, 5.41) is 0. The van der Waals surface area contributed by atoms with Crippen LogP contribution in [-0.2, 0) is 0 Å². The molecule has 3 atom stereocenters. The van der Waals surface area contributed by atoms with Crippen LogP contribution in [0.5, 0.6) is 0 Å². The molecule has 0 aliphatic carbocycles. The summed E-state index contributed by atoms with van der Waals surface area (Å²) in [6.07, 6.45) is 8.92. The van der Waals surface area contributed by atoms with Crippen LogP contribution in [0.2, 0.25) is 0 Å². The number of rotatable bonds is 7. The van der Waals surface area contributed by atoms with Crippen molar-refractivity contribution in [1.29, 1.82) is 0 Å². The summed E-state index contributed by atoms with van der Waals surface area (Å²) >= 11 is 1.96. The molecule has 1 aliphatic rings. The van der Waals surface area contributed by atoms with Crippen molar-refractivity contribution < 1.29 is 0 Å². The van der Waals surface area contributed by atoms with E-state index in [2.05, 4.69) is 25.0 Å². The SMILES string of the molecule is CSCCCCCCN1CCC(N)C(C)C1C. The summed E-state index contributed by atoms with van der Waals surface area (Å²) in [6.45, 7) is 7.13. The zero-order valence-electron chi connectivity index (χ0n) is 11.8. The van der Waals surface area contributed by atoms with E-state index in [4.69, 9.17) is 5.73 Å². The van der Waals surface area contributed by atoms with Crippen molar-refractivity contribution in [3.63, 3.8) is 0 Å². The van der Waals surface area contributed by atoms with Crippen molar-refractivity contribution in [2.75, 3.05) is 25.1 Å². The Morgan fingerprint density at radius 2 is 1.88 bits per heavy atom. The Labute approximate surface area is 112 Å². The van der Waals surface area contributed by atoms with Crippen LogP contribution >= 0.6 is 11.8 Å². The molecule has 2 N–H and O–H groups in total. The first kappa shape index (κ1) is 15.3. The van der Waals surface area contributed by atoms with Gasteiger partial charge in [-0.2, -0.15) is 11.8 Å². The Balaban J connectivity index is 2.10. The topological polar surface area (TPSA) is 29.3 Å². The monoisotopic (exact) mass is 258 g/mol. The van der Waals surface area contributed by atoms with Gasteiger partial charge < -0.3 is 10.6 Å². The maximum atomic E-state index is 6.11. The van der Waals surface area contributed by atoms with E-state index in [0.717, 1.165) is 0 Å². The Kier molecular flexibility index (Phi) is 7.56. The molecule has 1 fully saturated rings. The maximum absolute atomic E-state index is 6.11. The lowest BCUT2D eigenvalue weighted by Gasteiger charge is -2.41. The van der Waals surface area contributed by atoms with E-state index in [0.29, 0.717) is 18.0 Å². The van der Waals surface area contributed by atoms with Crippen molar-refractivity contribution in [1.82, 2.24) is 4.90 Å². The van der Waals surface area contributed by atoms with Crippen molar-refractivity contribution in [2.45, 2.75) is 58.0 Å². The third-order valence-electron chi connectivity index (χ3n) is 4.31. The first-order chi connectivity index (χ1) is 8.16. The minimum Gasteiger partial charge on any atom is -0.327 e. The van der Waals surface area contributed by atoms with E-state index in [1.165, 1.54) is 50.9 Å². The molecule has 0 spiro atoms. The molecule has 2 nitrogen and oxygen atoms in total. The van der Waals surface area contributed by atoms with Crippen LogP contribution in [0.4, 0.5) is 0 Å². The predicted octanol–water partition coefficient (Wildman–Crippen LogP) is 2.97. The molecule has 0 aromatic heterocycles. The quantitative estimate of drug-likeness (QED) is 0.712. The highest BCUT2D eigenvalue weighted by molar-refractivity contribution is 7.98. The molecule has 0 aromatic rings. The standard InChI is InChI=1S/C14H30N2S/c1-12-13(2)16(10-8-14(12)15)9-6-4-5-7-11-17-3/h12-14H,4-11,15H2,1-3H3. The molecule has 1 aliphatic heterocycles. The van der Waals surface area contributed by atoms with E-state index in [1.807, 2.05) is 11.8 Å². The van der Waals surface area contributed by atoms with Gasteiger partial charge >= 0.3 is 0 Å². The van der Waals surface area contributed by atoms with Gasteiger partial charge in [-0.3, -0.25) is 0 Å². The molecule has 17 heavy (non-hydrogen) atoms. The van der Waals surface area contributed by atoms with Gasteiger partial charge in [-0.25, -0.2) is 0 Å². The molecule has 1 saturated heterocycles. The average Bonchev–Trinajstić information content (AvgIpc) is 2.33. The fourth-order valence-corrected chi connectivity index (χ4v) is 3.19. The molecule has 0 bridgehead atoms. The van der Waals surface area contributed by atoms with E-state index >= 15 is 0 Å². The first-order valence-electron chi connectivity index (χ1n) is 7.15. The van der Waals surface area contributed by atoms with Crippen LogP contribution in [0.25, 0.3) is 0 Å². The number of nitrogens with zero attached hydrogens (tertiary/aromatic N) is 1. The third-order valence-corrected chi connectivity index (χ3v) is 5.00. The Hall–Kier alpha value is 0.270. The van der Waals surface area contributed by atoms with Crippen molar-refractivity contribution in [2.24, 2.45) is 11.7 Å². The summed E-state index contributed by atoms with van der Waals surface area (Å²) in [6, 6.07) is 1.09. The zero-order chi connectivity index (χ0) is 12.7. The molecular formula is C14H30N2S. The molecule has 0 amide bonds. The number of likely N-dealkylation sites (tertiary alicyclic amines) is 1. The van der Waals surface area contributed by atoms with Crippen LogP contribution in [0, 0.1) is 5.92 Å². The van der Waals surface area contributed by atoms with Crippen molar-refractivity contribution in [3.8, 4) is 0 Å². The molecule has 3 heteroatoms. The summed E-state index contributed by atoms with van der Waals surface area (Å²) in [5.74, 6) is 1.98. The largest absolute Gasteiger partial charge is 0.327 e. The van der Waals surface area contributed by atoms with Crippen LogP contribution in [0.15, 0.2) is 0 Å². The van der Waals surface area contributed by atoms with Gasteiger partial charge in [0.1, 0.15) is 0 Å².